The molecule has 2 aliphatic rings. The van der Waals surface area contributed by atoms with Gasteiger partial charge in [-0.15, -0.1) is 0 Å². The van der Waals surface area contributed by atoms with Crippen LogP contribution >= 0.6 is 0 Å². The van der Waals surface area contributed by atoms with Crippen molar-refractivity contribution in [1.82, 2.24) is 9.88 Å². The molecule has 35 heavy (non-hydrogen) atoms. The molecule has 0 radical (unpaired) electrons. The summed E-state index contributed by atoms with van der Waals surface area (Å²) in [6.45, 7) is 2.36. The predicted octanol–water partition coefficient (Wildman–Crippen LogP) is 4.36. The summed E-state index contributed by atoms with van der Waals surface area (Å²) in [6.07, 6.45) is 3.04. The maximum Gasteiger partial charge on any atom is 0.332 e. The van der Waals surface area contributed by atoms with Crippen LogP contribution < -0.4 is 4.90 Å². The number of urea groups is 1. The fraction of sp³-hybridized carbons (Fsp3) is 0.222. The molecule has 5 rings (SSSR count). The number of rotatable bonds is 2. The van der Waals surface area contributed by atoms with Gasteiger partial charge in [-0.05, 0) is 42.8 Å². The predicted molar refractivity (Wildman–Crippen MR) is 124 cm³/mol. The fourth-order valence-corrected chi connectivity index (χ4v) is 4.76. The van der Waals surface area contributed by atoms with E-state index in [0.717, 1.165) is 17.7 Å². The molecule has 1 fully saturated rings. The first-order valence-corrected chi connectivity index (χ1v) is 11.2. The van der Waals surface area contributed by atoms with Crippen LogP contribution in [-0.2, 0) is 21.7 Å². The molecule has 2 aromatic carbocycles. The third-order valence-electron chi connectivity index (χ3n) is 6.32. The van der Waals surface area contributed by atoms with Gasteiger partial charge in [-0.25, -0.2) is 18.5 Å². The van der Waals surface area contributed by atoms with Crippen LogP contribution in [0.5, 0.6) is 0 Å². The Morgan fingerprint density at radius 3 is 2.49 bits per heavy atom. The number of fused-ring (bicyclic) bond motifs is 2. The molecule has 1 saturated heterocycles. The van der Waals surface area contributed by atoms with Crippen molar-refractivity contribution >= 4 is 17.6 Å². The fourth-order valence-electron chi connectivity index (χ4n) is 4.76. The van der Waals surface area contributed by atoms with E-state index >= 15 is 8.78 Å². The van der Waals surface area contributed by atoms with Crippen LogP contribution in [0.25, 0.3) is 0 Å². The van der Waals surface area contributed by atoms with E-state index < -0.39 is 34.8 Å². The molecule has 1 aromatic heterocycles. The lowest BCUT2D eigenvalue weighted by Gasteiger charge is -2.50. The van der Waals surface area contributed by atoms with Crippen LogP contribution in [-0.4, -0.2) is 35.0 Å². The van der Waals surface area contributed by atoms with Crippen molar-refractivity contribution < 1.29 is 23.1 Å². The first-order valence-electron chi connectivity index (χ1n) is 11.2. The summed E-state index contributed by atoms with van der Waals surface area (Å²) in [5, 5.41) is 0. The number of likely N-dealkylation sites (N-methyl/N-ethyl adjacent to an activating group) is 1. The average Bonchev–Trinajstić information content (AvgIpc) is 2.85. The van der Waals surface area contributed by atoms with E-state index in [4.69, 9.17) is 4.74 Å². The number of benzene rings is 2. The summed E-state index contributed by atoms with van der Waals surface area (Å²) >= 11 is 0. The molecular formula is C27H21F2N3O3. The van der Waals surface area contributed by atoms with E-state index in [1.165, 1.54) is 4.90 Å². The van der Waals surface area contributed by atoms with Crippen LogP contribution in [0.1, 0.15) is 35.6 Å². The molecule has 0 saturated carbocycles. The highest BCUT2D eigenvalue weighted by atomic mass is 19.1. The first kappa shape index (κ1) is 22.7. The molecule has 176 valence electrons. The lowest BCUT2D eigenvalue weighted by Crippen LogP contribution is -2.65. The normalized spacial score (nSPS) is 19.4. The van der Waals surface area contributed by atoms with Crippen molar-refractivity contribution in [1.29, 1.82) is 0 Å². The summed E-state index contributed by atoms with van der Waals surface area (Å²) in [6, 6.07) is 12.0. The quantitative estimate of drug-likeness (QED) is 0.519. The van der Waals surface area contributed by atoms with Gasteiger partial charge in [0.2, 0.25) is 5.91 Å². The number of anilines is 1. The molecule has 3 amide bonds. The van der Waals surface area contributed by atoms with Gasteiger partial charge in [0.05, 0.1) is 19.6 Å². The van der Waals surface area contributed by atoms with Crippen molar-refractivity contribution in [3.8, 4) is 11.8 Å². The molecule has 8 heteroatoms. The average molecular weight is 473 g/mol. The summed E-state index contributed by atoms with van der Waals surface area (Å²) in [5.41, 5.74) is 0.511. The Bertz CT molecular complexity index is 1360. The number of hydrogen-bond acceptors (Lipinski definition) is 4. The van der Waals surface area contributed by atoms with Gasteiger partial charge in [0.15, 0.2) is 11.6 Å². The molecule has 1 atom stereocenters. The molecular weight excluding hydrogens is 452 g/mol. The second kappa shape index (κ2) is 8.93. The molecule has 3 heterocycles. The number of amides is 3. The van der Waals surface area contributed by atoms with Gasteiger partial charge >= 0.3 is 6.03 Å². The van der Waals surface area contributed by atoms with Gasteiger partial charge in [0.25, 0.3) is 0 Å². The van der Waals surface area contributed by atoms with E-state index in [9.17, 15) is 9.59 Å². The standard InChI is InChI=1S/C27H21F2N3O3/c1-2-31-26(34)32(24(33)14-27(31)17-35-16-20-10-11-30-15-21(20)27)25-22(28)12-19(13-23(25)29)9-8-18-6-4-3-5-7-18/h3-7,10-13,15H,2,14,16-17H2,1H3/t27-/m1/s1. The zero-order chi connectivity index (χ0) is 24.6. The summed E-state index contributed by atoms with van der Waals surface area (Å²) in [5.74, 6) is 2.75. The topological polar surface area (TPSA) is 62.7 Å². The lowest BCUT2D eigenvalue weighted by atomic mass is 9.80. The Balaban J connectivity index is 1.52. The third kappa shape index (κ3) is 3.84. The van der Waals surface area contributed by atoms with E-state index in [0.29, 0.717) is 22.6 Å². The molecule has 2 aliphatic heterocycles. The van der Waals surface area contributed by atoms with Gasteiger partial charge in [0.1, 0.15) is 11.2 Å². The Labute approximate surface area is 201 Å². The minimum Gasteiger partial charge on any atom is -0.374 e. The van der Waals surface area contributed by atoms with Gasteiger partial charge in [0, 0.05) is 35.6 Å². The number of ether oxygens (including phenoxy) is 1. The Morgan fingerprint density at radius 2 is 1.77 bits per heavy atom. The minimum absolute atomic E-state index is 0.0871. The Morgan fingerprint density at radius 1 is 1.06 bits per heavy atom. The maximum absolute atomic E-state index is 15.2. The van der Waals surface area contributed by atoms with Crippen molar-refractivity contribution in [2.24, 2.45) is 0 Å². The van der Waals surface area contributed by atoms with Gasteiger partial charge in [-0.1, -0.05) is 30.0 Å². The number of carbonyl (C=O) groups is 2. The third-order valence-corrected chi connectivity index (χ3v) is 6.32. The summed E-state index contributed by atoms with van der Waals surface area (Å²) in [7, 11) is 0. The zero-order valence-corrected chi connectivity index (χ0v) is 18.9. The highest BCUT2D eigenvalue weighted by Gasteiger charge is 2.53. The number of imide groups is 1. The number of aromatic nitrogens is 1. The van der Waals surface area contributed by atoms with E-state index in [-0.39, 0.29) is 25.1 Å². The number of pyridine rings is 1. The minimum atomic E-state index is -1.09. The van der Waals surface area contributed by atoms with Gasteiger partial charge < -0.3 is 9.64 Å². The largest absolute Gasteiger partial charge is 0.374 e. The van der Waals surface area contributed by atoms with E-state index in [1.807, 2.05) is 6.07 Å². The molecule has 1 spiro atoms. The Hall–Kier alpha value is -4.09. The second-order valence-corrected chi connectivity index (χ2v) is 8.39. The van der Waals surface area contributed by atoms with Gasteiger partial charge in [-0.2, -0.15) is 0 Å². The van der Waals surface area contributed by atoms with Crippen LogP contribution in [0.15, 0.2) is 60.9 Å². The molecule has 0 aliphatic carbocycles. The molecule has 0 unspecified atom stereocenters. The molecule has 6 nitrogen and oxygen atoms in total. The summed E-state index contributed by atoms with van der Waals surface area (Å²) in [4.78, 5) is 33.0. The molecule has 3 aromatic rings. The molecule has 0 N–H and O–H groups in total. The van der Waals surface area contributed by atoms with Crippen LogP contribution in [0.2, 0.25) is 0 Å². The van der Waals surface area contributed by atoms with Crippen molar-refractivity contribution in [3.05, 3.63) is 94.8 Å². The lowest BCUT2D eigenvalue weighted by molar-refractivity contribution is -0.126. The monoisotopic (exact) mass is 473 g/mol. The number of halogens is 2. The van der Waals surface area contributed by atoms with Crippen molar-refractivity contribution in [2.45, 2.75) is 25.5 Å². The van der Waals surface area contributed by atoms with E-state index in [2.05, 4.69) is 16.8 Å². The van der Waals surface area contributed by atoms with Gasteiger partial charge in [-0.3, -0.25) is 9.78 Å². The molecule has 0 bridgehead atoms. The summed E-state index contributed by atoms with van der Waals surface area (Å²) < 4.78 is 36.1. The van der Waals surface area contributed by atoms with Crippen molar-refractivity contribution in [2.75, 3.05) is 18.1 Å². The second-order valence-electron chi connectivity index (χ2n) is 8.39. The van der Waals surface area contributed by atoms with Crippen LogP contribution in [0.4, 0.5) is 19.3 Å². The smallest absolute Gasteiger partial charge is 0.332 e. The number of nitrogens with zero attached hydrogens (tertiary/aromatic N) is 3. The highest BCUT2D eigenvalue weighted by molar-refractivity contribution is 6.16. The number of hydrogen-bond donors (Lipinski definition) is 0. The zero-order valence-electron chi connectivity index (χ0n) is 18.9. The van der Waals surface area contributed by atoms with E-state index in [1.54, 1.807) is 49.6 Å². The SMILES string of the molecule is CCN1C(=O)N(c2c(F)cc(C#Cc3ccccc3)cc2F)C(=O)C[C@]12COCc1ccncc12. The maximum atomic E-state index is 15.2. The first-order chi connectivity index (χ1) is 16.9. The van der Waals surface area contributed by atoms with Crippen LogP contribution in [0.3, 0.4) is 0 Å². The Kier molecular flexibility index (Phi) is 5.79. The highest BCUT2D eigenvalue weighted by Crippen LogP contribution is 2.43. The van der Waals surface area contributed by atoms with Crippen LogP contribution in [0, 0.1) is 23.5 Å². The van der Waals surface area contributed by atoms with Crippen molar-refractivity contribution in [3.63, 3.8) is 0 Å². The number of carbonyl (C=O) groups excluding carboxylic acids is 2.